The fourth-order valence-electron chi connectivity index (χ4n) is 5.16. The number of likely N-dealkylation sites (tertiary alicyclic amines) is 1. The first-order valence-corrected chi connectivity index (χ1v) is 10.2. The van der Waals surface area contributed by atoms with E-state index < -0.39 is 5.97 Å². The fraction of sp³-hybridized carbons (Fsp3) is 0.391. The molecule has 0 radical (unpaired) electrons. The van der Waals surface area contributed by atoms with E-state index in [-0.39, 0.29) is 6.04 Å². The fourth-order valence-corrected chi connectivity index (χ4v) is 5.16. The molecule has 5 nitrogen and oxygen atoms in total. The number of hydrogen-bond acceptors (Lipinski definition) is 3. The van der Waals surface area contributed by atoms with Crippen molar-refractivity contribution < 1.29 is 9.90 Å². The monoisotopic (exact) mass is 375 g/mol. The second-order valence-electron chi connectivity index (χ2n) is 8.14. The molecule has 2 fully saturated rings. The summed E-state index contributed by atoms with van der Waals surface area (Å²) in [5.41, 5.74) is 4.32. The van der Waals surface area contributed by atoms with Gasteiger partial charge in [-0.2, -0.15) is 0 Å². The van der Waals surface area contributed by atoms with Crippen molar-refractivity contribution in [3.05, 3.63) is 60.4 Å². The van der Waals surface area contributed by atoms with Crippen LogP contribution in [-0.2, 0) is 11.3 Å². The third kappa shape index (κ3) is 3.00. The predicted molar refractivity (Wildman–Crippen MR) is 108 cm³/mol. The van der Waals surface area contributed by atoms with Crippen LogP contribution in [0.15, 0.2) is 54.9 Å². The van der Waals surface area contributed by atoms with Gasteiger partial charge >= 0.3 is 5.97 Å². The van der Waals surface area contributed by atoms with Gasteiger partial charge in [0, 0.05) is 18.3 Å². The summed E-state index contributed by atoms with van der Waals surface area (Å²) in [5.74, 6) is -0.123. The van der Waals surface area contributed by atoms with Crippen molar-refractivity contribution in [2.24, 2.45) is 5.92 Å². The molecule has 0 amide bonds. The second-order valence-corrected chi connectivity index (χ2v) is 8.14. The van der Waals surface area contributed by atoms with Gasteiger partial charge in [0.1, 0.15) is 12.4 Å². The molecule has 1 aliphatic heterocycles. The van der Waals surface area contributed by atoms with E-state index in [2.05, 4.69) is 44.8 Å². The highest BCUT2D eigenvalue weighted by molar-refractivity contribution is 5.77. The maximum atomic E-state index is 11.8. The van der Waals surface area contributed by atoms with Crippen molar-refractivity contribution in [1.82, 2.24) is 14.5 Å². The number of benzene rings is 2. The minimum absolute atomic E-state index is 0.342. The molecule has 28 heavy (non-hydrogen) atoms. The summed E-state index contributed by atoms with van der Waals surface area (Å²) in [6.07, 6.45) is 7.43. The van der Waals surface area contributed by atoms with Gasteiger partial charge in [-0.05, 0) is 55.0 Å². The van der Waals surface area contributed by atoms with E-state index in [0.717, 1.165) is 29.6 Å². The summed E-state index contributed by atoms with van der Waals surface area (Å²) in [4.78, 5) is 18.5. The lowest BCUT2D eigenvalue weighted by atomic mass is 9.84. The van der Waals surface area contributed by atoms with Crippen LogP contribution in [0, 0.1) is 5.92 Å². The largest absolute Gasteiger partial charge is 0.480 e. The number of imidazole rings is 1. The molecule has 2 aromatic carbocycles. The number of para-hydroxylation sites is 2. The number of nitrogens with zero attached hydrogens (tertiary/aromatic N) is 3. The highest BCUT2D eigenvalue weighted by atomic mass is 16.4. The molecule has 2 aliphatic rings. The van der Waals surface area contributed by atoms with E-state index in [1.165, 1.54) is 24.8 Å². The topological polar surface area (TPSA) is 58.4 Å². The first-order chi connectivity index (χ1) is 13.7. The van der Waals surface area contributed by atoms with Gasteiger partial charge in [-0.15, -0.1) is 0 Å². The molecule has 1 N–H and O–H groups in total. The van der Waals surface area contributed by atoms with Gasteiger partial charge in [0.05, 0.1) is 11.0 Å². The zero-order valence-electron chi connectivity index (χ0n) is 15.9. The lowest BCUT2D eigenvalue weighted by Gasteiger charge is -2.33. The lowest BCUT2D eigenvalue weighted by Crippen LogP contribution is -2.41. The quantitative estimate of drug-likeness (QED) is 0.741. The van der Waals surface area contributed by atoms with Crippen molar-refractivity contribution >= 4 is 17.0 Å². The Bertz CT molecular complexity index is 995. The van der Waals surface area contributed by atoms with Crippen molar-refractivity contribution in [1.29, 1.82) is 0 Å². The third-order valence-corrected chi connectivity index (χ3v) is 6.54. The summed E-state index contributed by atoms with van der Waals surface area (Å²) in [6.45, 7) is 0.711. The molecular formula is C23H25N3O2. The molecule has 1 aliphatic carbocycles. The standard InChI is InChI=1S/C23H25N3O2/c27-23(28)22-13-17-5-1-3-7-20(17)25(22)14-16-9-11-18(12-10-16)26-15-24-19-6-2-4-8-21(19)26/h2,4,6,8-12,15,17,20,22H,1,3,5,7,13-14H2,(H,27,28). The van der Waals surface area contributed by atoms with Gasteiger partial charge in [-0.3, -0.25) is 14.3 Å². The summed E-state index contributed by atoms with van der Waals surface area (Å²) < 4.78 is 2.09. The number of carbonyl (C=O) groups is 1. The smallest absolute Gasteiger partial charge is 0.320 e. The SMILES string of the molecule is O=C(O)C1CC2CCCCC2N1Cc1ccc(-n2cnc3ccccc32)cc1. The number of rotatable bonds is 4. The summed E-state index contributed by atoms with van der Waals surface area (Å²) in [7, 11) is 0. The Morgan fingerprint density at radius 2 is 1.86 bits per heavy atom. The van der Waals surface area contributed by atoms with Crippen LogP contribution in [0.4, 0.5) is 0 Å². The van der Waals surface area contributed by atoms with E-state index >= 15 is 0 Å². The highest BCUT2D eigenvalue weighted by Crippen LogP contribution is 2.40. The van der Waals surface area contributed by atoms with Gasteiger partial charge in [-0.25, -0.2) is 4.98 Å². The van der Waals surface area contributed by atoms with Crippen LogP contribution in [0.3, 0.4) is 0 Å². The maximum Gasteiger partial charge on any atom is 0.320 e. The summed E-state index contributed by atoms with van der Waals surface area (Å²) >= 11 is 0. The van der Waals surface area contributed by atoms with Crippen LogP contribution in [-0.4, -0.2) is 37.6 Å². The number of fused-ring (bicyclic) bond motifs is 2. The average Bonchev–Trinajstić information content (AvgIpc) is 3.31. The number of carboxylic acid groups (broad SMARTS) is 1. The Balaban J connectivity index is 1.39. The van der Waals surface area contributed by atoms with Crippen molar-refractivity contribution in [3.8, 4) is 5.69 Å². The van der Waals surface area contributed by atoms with E-state index in [1.54, 1.807) is 0 Å². The summed E-state index contributed by atoms with van der Waals surface area (Å²) in [5, 5.41) is 9.73. The Morgan fingerprint density at radius 1 is 1.07 bits per heavy atom. The van der Waals surface area contributed by atoms with Crippen LogP contribution in [0.25, 0.3) is 16.7 Å². The molecular weight excluding hydrogens is 350 g/mol. The number of aromatic nitrogens is 2. The van der Waals surface area contributed by atoms with Crippen LogP contribution >= 0.6 is 0 Å². The molecule has 5 heteroatoms. The first-order valence-electron chi connectivity index (χ1n) is 10.2. The van der Waals surface area contributed by atoms with E-state index in [0.29, 0.717) is 18.5 Å². The number of carboxylic acids is 1. The highest BCUT2D eigenvalue weighted by Gasteiger charge is 2.44. The lowest BCUT2D eigenvalue weighted by molar-refractivity contribution is -0.142. The van der Waals surface area contributed by atoms with Gasteiger partial charge in [0.15, 0.2) is 0 Å². The molecule has 1 saturated heterocycles. The van der Waals surface area contributed by atoms with Gasteiger partial charge in [0.25, 0.3) is 0 Å². The van der Waals surface area contributed by atoms with Crippen LogP contribution in [0.1, 0.15) is 37.7 Å². The minimum Gasteiger partial charge on any atom is -0.480 e. The molecule has 144 valence electrons. The Morgan fingerprint density at radius 3 is 2.68 bits per heavy atom. The molecule has 0 bridgehead atoms. The average molecular weight is 375 g/mol. The van der Waals surface area contributed by atoms with Gasteiger partial charge in [-0.1, -0.05) is 37.1 Å². The Kier molecular flexibility index (Phi) is 4.40. The van der Waals surface area contributed by atoms with Gasteiger partial charge < -0.3 is 5.11 Å². The number of aliphatic carboxylic acids is 1. The van der Waals surface area contributed by atoms with Crippen molar-refractivity contribution in [3.63, 3.8) is 0 Å². The minimum atomic E-state index is -0.670. The Hall–Kier alpha value is -2.66. The normalized spacial score (nSPS) is 25.1. The molecule has 3 aromatic rings. The second kappa shape index (κ2) is 7.06. The van der Waals surface area contributed by atoms with Crippen LogP contribution in [0.5, 0.6) is 0 Å². The Labute approximate surface area is 164 Å². The molecule has 1 aromatic heterocycles. The van der Waals surface area contributed by atoms with Crippen molar-refractivity contribution in [2.45, 2.75) is 50.7 Å². The molecule has 1 saturated carbocycles. The van der Waals surface area contributed by atoms with E-state index in [1.807, 2.05) is 24.5 Å². The van der Waals surface area contributed by atoms with Crippen molar-refractivity contribution in [2.75, 3.05) is 0 Å². The molecule has 0 spiro atoms. The molecule has 3 atom stereocenters. The predicted octanol–water partition coefficient (Wildman–Crippen LogP) is 4.24. The molecule has 2 heterocycles. The number of hydrogen-bond donors (Lipinski definition) is 1. The van der Waals surface area contributed by atoms with Crippen LogP contribution in [0.2, 0.25) is 0 Å². The maximum absolute atomic E-state index is 11.8. The van der Waals surface area contributed by atoms with Crippen LogP contribution < -0.4 is 0 Å². The van der Waals surface area contributed by atoms with E-state index in [4.69, 9.17) is 0 Å². The molecule has 3 unspecified atom stereocenters. The zero-order chi connectivity index (χ0) is 19.1. The zero-order valence-corrected chi connectivity index (χ0v) is 15.9. The first kappa shape index (κ1) is 17.4. The summed E-state index contributed by atoms with van der Waals surface area (Å²) in [6, 6.07) is 16.6. The third-order valence-electron chi connectivity index (χ3n) is 6.54. The van der Waals surface area contributed by atoms with Gasteiger partial charge in [0.2, 0.25) is 0 Å². The molecule has 5 rings (SSSR count). The van der Waals surface area contributed by atoms with E-state index in [9.17, 15) is 9.90 Å².